The molecule has 0 spiro atoms. The molecule has 1 N–H and O–H groups in total. The molecule has 8 nitrogen and oxygen atoms in total. The van der Waals surface area contributed by atoms with Gasteiger partial charge >= 0.3 is 0 Å². The molecule has 33 heavy (non-hydrogen) atoms. The summed E-state index contributed by atoms with van der Waals surface area (Å²) in [5, 5.41) is 3.59. The first-order chi connectivity index (χ1) is 16.1. The van der Waals surface area contributed by atoms with Crippen LogP contribution < -0.4 is 19.9 Å². The van der Waals surface area contributed by atoms with E-state index in [1.807, 2.05) is 12.1 Å². The molecule has 3 aromatic rings. The molecule has 0 saturated carbocycles. The lowest BCUT2D eigenvalue weighted by atomic mass is 10.1. The van der Waals surface area contributed by atoms with E-state index in [0.717, 1.165) is 61.1 Å². The van der Waals surface area contributed by atoms with Crippen LogP contribution in [0.4, 0.5) is 16.6 Å². The van der Waals surface area contributed by atoms with E-state index in [1.54, 1.807) is 19.4 Å². The van der Waals surface area contributed by atoms with Crippen molar-refractivity contribution >= 4 is 44.1 Å². The summed E-state index contributed by atoms with van der Waals surface area (Å²) < 4.78 is 6.61. The van der Waals surface area contributed by atoms with Gasteiger partial charge in [-0.15, -0.1) is 0 Å². The molecule has 0 bridgehead atoms. The number of piperidine rings is 1. The Kier molecular flexibility index (Phi) is 6.32. The lowest BCUT2D eigenvalue weighted by molar-refractivity contribution is 0.102. The molecule has 2 aromatic heterocycles. The number of carbonyl (C=O) groups excluding carboxylic acids is 1. The Bertz CT molecular complexity index is 1140. The molecule has 0 atom stereocenters. The average Bonchev–Trinajstić information content (AvgIpc) is 3.28. The van der Waals surface area contributed by atoms with Crippen LogP contribution in [-0.2, 0) is 0 Å². The van der Waals surface area contributed by atoms with Crippen LogP contribution in [0.1, 0.15) is 29.6 Å². The minimum Gasteiger partial charge on any atom is -0.494 e. The van der Waals surface area contributed by atoms with Crippen LogP contribution in [0.15, 0.2) is 30.5 Å². The fourth-order valence-corrected chi connectivity index (χ4v) is 5.53. The average molecular weight is 467 g/mol. The van der Waals surface area contributed by atoms with Crippen molar-refractivity contribution < 1.29 is 9.53 Å². The van der Waals surface area contributed by atoms with Crippen LogP contribution in [0.25, 0.3) is 10.2 Å². The van der Waals surface area contributed by atoms with Gasteiger partial charge in [0.2, 0.25) is 0 Å². The van der Waals surface area contributed by atoms with Gasteiger partial charge in [-0.3, -0.25) is 10.1 Å². The first-order valence-corrected chi connectivity index (χ1v) is 12.4. The SMILES string of the molecule is COc1ccc(N2CCCCC2)c2sc(NC(=O)c3ccnc(N4CCN(C)CC4)c3)nc12. The molecule has 1 aromatic carbocycles. The van der Waals surface area contributed by atoms with E-state index >= 15 is 0 Å². The number of nitrogens with zero attached hydrogens (tertiary/aromatic N) is 5. The Morgan fingerprint density at radius 3 is 2.58 bits per heavy atom. The molecule has 2 fully saturated rings. The van der Waals surface area contributed by atoms with Crippen LogP contribution >= 0.6 is 11.3 Å². The first-order valence-electron chi connectivity index (χ1n) is 11.6. The highest BCUT2D eigenvalue weighted by Gasteiger charge is 2.21. The number of fused-ring (bicyclic) bond motifs is 1. The Hall–Kier alpha value is -2.91. The van der Waals surface area contributed by atoms with Crippen molar-refractivity contribution in [3.63, 3.8) is 0 Å². The number of thiazole rings is 1. The number of hydrogen-bond donors (Lipinski definition) is 1. The van der Waals surface area contributed by atoms with Crippen LogP contribution in [0.2, 0.25) is 0 Å². The Morgan fingerprint density at radius 2 is 1.82 bits per heavy atom. The van der Waals surface area contributed by atoms with E-state index in [2.05, 4.69) is 38.1 Å². The summed E-state index contributed by atoms with van der Waals surface area (Å²) in [7, 11) is 3.78. The number of methoxy groups -OCH3 is 1. The fraction of sp³-hybridized carbons (Fsp3) is 0.458. The molecule has 2 saturated heterocycles. The van der Waals surface area contributed by atoms with Gasteiger partial charge in [-0.25, -0.2) is 9.97 Å². The predicted octanol–water partition coefficient (Wildman–Crippen LogP) is 3.69. The largest absolute Gasteiger partial charge is 0.494 e. The van der Waals surface area contributed by atoms with Gasteiger partial charge in [-0.05, 0) is 50.6 Å². The monoisotopic (exact) mass is 466 g/mol. The summed E-state index contributed by atoms with van der Waals surface area (Å²) in [6.07, 6.45) is 5.39. The standard InChI is InChI=1S/C24H30N6O2S/c1-28-12-14-30(15-13-28)20-16-17(8-9-25-20)23(31)27-24-26-21-19(32-2)7-6-18(22(21)33-24)29-10-4-3-5-11-29/h6-9,16H,3-5,10-15H2,1-2H3,(H,26,27,31). The molecule has 2 aliphatic rings. The zero-order valence-corrected chi connectivity index (χ0v) is 20.0. The number of benzene rings is 1. The quantitative estimate of drug-likeness (QED) is 0.615. The van der Waals surface area contributed by atoms with Crippen LogP contribution in [0, 0.1) is 0 Å². The smallest absolute Gasteiger partial charge is 0.257 e. The summed E-state index contributed by atoms with van der Waals surface area (Å²) in [4.78, 5) is 29.2. The molecule has 174 valence electrons. The highest BCUT2D eigenvalue weighted by Crippen LogP contribution is 2.40. The molecule has 0 aliphatic carbocycles. The minimum atomic E-state index is -0.176. The maximum Gasteiger partial charge on any atom is 0.257 e. The third-order valence-corrected chi connectivity index (χ3v) is 7.45. The number of amides is 1. The minimum absolute atomic E-state index is 0.176. The lowest BCUT2D eigenvalue weighted by Crippen LogP contribution is -2.44. The van der Waals surface area contributed by atoms with E-state index < -0.39 is 0 Å². The van der Waals surface area contributed by atoms with Crippen LogP contribution in [0.5, 0.6) is 5.75 Å². The van der Waals surface area contributed by atoms with E-state index in [9.17, 15) is 4.79 Å². The molecule has 0 unspecified atom stereocenters. The number of nitrogens with one attached hydrogen (secondary N) is 1. The van der Waals surface area contributed by atoms with Crippen molar-refractivity contribution in [2.24, 2.45) is 0 Å². The maximum atomic E-state index is 13.1. The second-order valence-electron chi connectivity index (χ2n) is 8.68. The number of aromatic nitrogens is 2. The maximum absolute atomic E-state index is 13.1. The van der Waals surface area contributed by atoms with Crippen molar-refractivity contribution in [3.05, 3.63) is 36.0 Å². The number of anilines is 3. The Labute approximate surface area is 198 Å². The van der Waals surface area contributed by atoms with Gasteiger partial charge in [0.1, 0.15) is 17.1 Å². The summed E-state index contributed by atoms with van der Waals surface area (Å²) in [5.74, 6) is 1.39. The molecule has 0 radical (unpaired) electrons. The van der Waals surface area contributed by atoms with Crippen molar-refractivity contribution in [3.8, 4) is 5.75 Å². The number of rotatable bonds is 5. The molecule has 5 rings (SSSR count). The molecular weight excluding hydrogens is 436 g/mol. The normalized spacial score (nSPS) is 17.4. The molecule has 2 aliphatic heterocycles. The predicted molar refractivity (Wildman–Crippen MR) is 134 cm³/mol. The molecule has 1 amide bonds. The summed E-state index contributed by atoms with van der Waals surface area (Å²) in [6, 6.07) is 7.71. The van der Waals surface area contributed by atoms with Gasteiger partial charge in [0.25, 0.3) is 5.91 Å². The highest BCUT2D eigenvalue weighted by molar-refractivity contribution is 7.23. The van der Waals surface area contributed by atoms with Gasteiger partial charge in [0.15, 0.2) is 5.13 Å². The number of piperazine rings is 1. The van der Waals surface area contributed by atoms with Gasteiger partial charge in [-0.1, -0.05) is 11.3 Å². The van der Waals surface area contributed by atoms with Gasteiger partial charge in [0.05, 0.1) is 17.5 Å². The van der Waals surface area contributed by atoms with Gasteiger partial charge < -0.3 is 19.4 Å². The zero-order chi connectivity index (χ0) is 22.8. The van der Waals surface area contributed by atoms with Gasteiger partial charge in [-0.2, -0.15) is 0 Å². The summed E-state index contributed by atoms with van der Waals surface area (Å²) in [5.41, 5.74) is 2.56. The third kappa shape index (κ3) is 4.60. The van der Waals surface area contributed by atoms with E-state index in [-0.39, 0.29) is 5.91 Å². The second kappa shape index (κ2) is 9.52. The van der Waals surface area contributed by atoms with Crippen LogP contribution in [0.3, 0.4) is 0 Å². The number of ether oxygens (including phenoxy) is 1. The summed E-state index contributed by atoms with van der Waals surface area (Å²) in [6.45, 7) is 5.90. The highest BCUT2D eigenvalue weighted by atomic mass is 32.1. The molecular formula is C24H30N6O2S. The number of likely N-dealkylation sites (N-methyl/N-ethyl adjacent to an activating group) is 1. The second-order valence-corrected chi connectivity index (χ2v) is 9.68. The van der Waals surface area contributed by atoms with Gasteiger partial charge in [0, 0.05) is 51.0 Å². The van der Waals surface area contributed by atoms with Crippen molar-refractivity contribution in [2.45, 2.75) is 19.3 Å². The van der Waals surface area contributed by atoms with E-state index in [0.29, 0.717) is 10.7 Å². The Morgan fingerprint density at radius 1 is 1.03 bits per heavy atom. The topological polar surface area (TPSA) is 73.8 Å². The van der Waals surface area contributed by atoms with E-state index in [4.69, 9.17) is 9.72 Å². The van der Waals surface area contributed by atoms with E-state index in [1.165, 1.54) is 36.3 Å². The molecule has 9 heteroatoms. The number of pyridine rings is 1. The Balaban J connectivity index is 1.39. The van der Waals surface area contributed by atoms with Crippen LogP contribution in [-0.4, -0.2) is 74.2 Å². The number of carbonyl (C=O) groups is 1. The number of hydrogen-bond acceptors (Lipinski definition) is 8. The first kappa shape index (κ1) is 21.9. The van der Waals surface area contributed by atoms with Crippen molar-refractivity contribution in [2.75, 3.05) is 68.5 Å². The summed E-state index contributed by atoms with van der Waals surface area (Å²) >= 11 is 1.51. The molecule has 4 heterocycles. The zero-order valence-electron chi connectivity index (χ0n) is 19.2. The fourth-order valence-electron chi connectivity index (χ4n) is 4.51. The van der Waals surface area contributed by atoms with Crippen molar-refractivity contribution in [1.29, 1.82) is 0 Å². The third-order valence-electron chi connectivity index (χ3n) is 6.46. The lowest BCUT2D eigenvalue weighted by Gasteiger charge is -2.33. The van der Waals surface area contributed by atoms with Crippen molar-refractivity contribution in [1.82, 2.24) is 14.9 Å².